The third-order valence-corrected chi connectivity index (χ3v) is 2.53. The summed E-state index contributed by atoms with van der Waals surface area (Å²) in [6.07, 6.45) is 3.33. The maximum atomic E-state index is 11.5. The van der Waals surface area contributed by atoms with Crippen molar-refractivity contribution in [3.05, 3.63) is 30.1 Å². The minimum atomic E-state index is -0.752. The van der Waals surface area contributed by atoms with Crippen LogP contribution in [0.15, 0.2) is 24.5 Å². The van der Waals surface area contributed by atoms with Gasteiger partial charge in [0.1, 0.15) is 0 Å². The monoisotopic (exact) mass is 244 g/mol. The predicted octanol–water partition coefficient (Wildman–Crippen LogP) is 1.70. The van der Waals surface area contributed by atoms with Crippen LogP contribution in [0.25, 0.3) is 0 Å². The SMILES string of the molecule is COC(=O)C(C)(C)[C@@H](N)c1cccnc1.Cl. The molecule has 0 bridgehead atoms. The molecule has 0 amide bonds. The standard InChI is InChI=1S/C11H16N2O2.ClH/c1-11(2,10(14)15-3)9(12)8-5-4-6-13-7-8;/h4-7,9H,12H2,1-3H3;1H/t9-;/m0./s1. The highest BCUT2D eigenvalue weighted by Gasteiger charge is 2.36. The first kappa shape index (κ1) is 14.9. The third-order valence-electron chi connectivity index (χ3n) is 2.53. The highest BCUT2D eigenvalue weighted by molar-refractivity contribution is 5.85. The molecule has 1 atom stereocenters. The Balaban J connectivity index is 0.00000225. The van der Waals surface area contributed by atoms with Gasteiger partial charge in [-0.1, -0.05) is 6.07 Å². The molecule has 5 heteroatoms. The van der Waals surface area contributed by atoms with Gasteiger partial charge in [-0.05, 0) is 25.5 Å². The quantitative estimate of drug-likeness (QED) is 0.822. The van der Waals surface area contributed by atoms with Crippen LogP contribution >= 0.6 is 12.4 Å². The Hall–Kier alpha value is -1.13. The van der Waals surface area contributed by atoms with Crippen molar-refractivity contribution in [2.45, 2.75) is 19.9 Å². The Morgan fingerprint density at radius 3 is 2.62 bits per heavy atom. The fraction of sp³-hybridized carbons (Fsp3) is 0.455. The lowest BCUT2D eigenvalue weighted by molar-refractivity contribution is -0.152. The molecule has 16 heavy (non-hydrogen) atoms. The minimum absolute atomic E-state index is 0. The number of carbonyl (C=O) groups excluding carboxylic acids is 1. The molecule has 0 saturated heterocycles. The Labute approximate surface area is 102 Å². The van der Waals surface area contributed by atoms with Gasteiger partial charge in [-0.15, -0.1) is 12.4 Å². The van der Waals surface area contributed by atoms with Crippen molar-refractivity contribution in [2.24, 2.45) is 11.1 Å². The van der Waals surface area contributed by atoms with E-state index in [-0.39, 0.29) is 18.4 Å². The first-order valence-corrected chi connectivity index (χ1v) is 4.74. The van der Waals surface area contributed by atoms with Crippen LogP contribution in [0.3, 0.4) is 0 Å². The van der Waals surface area contributed by atoms with Gasteiger partial charge in [0.05, 0.1) is 12.5 Å². The van der Waals surface area contributed by atoms with E-state index in [0.717, 1.165) is 5.56 Å². The molecule has 0 fully saturated rings. The average molecular weight is 245 g/mol. The summed E-state index contributed by atoms with van der Waals surface area (Å²) in [4.78, 5) is 15.5. The normalized spacial score (nSPS) is 12.5. The number of carbonyl (C=O) groups is 1. The van der Waals surface area contributed by atoms with Gasteiger partial charge in [0.2, 0.25) is 0 Å². The van der Waals surface area contributed by atoms with Gasteiger partial charge in [-0.25, -0.2) is 0 Å². The van der Waals surface area contributed by atoms with E-state index in [9.17, 15) is 4.79 Å². The number of rotatable bonds is 3. The lowest BCUT2D eigenvalue weighted by Gasteiger charge is -2.28. The van der Waals surface area contributed by atoms with Crippen LogP contribution in [0.2, 0.25) is 0 Å². The zero-order valence-electron chi connectivity index (χ0n) is 9.64. The molecule has 0 saturated carbocycles. The molecule has 0 aliphatic carbocycles. The van der Waals surface area contributed by atoms with Crippen LogP contribution in [-0.2, 0) is 9.53 Å². The van der Waals surface area contributed by atoms with Crippen molar-refractivity contribution in [1.82, 2.24) is 4.98 Å². The second-order valence-electron chi connectivity index (χ2n) is 3.98. The van der Waals surface area contributed by atoms with Crippen LogP contribution in [0.1, 0.15) is 25.5 Å². The first-order valence-electron chi connectivity index (χ1n) is 4.74. The molecular formula is C11H17ClN2O2. The molecule has 0 spiro atoms. The van der Waals surface area contributed by atoms with E-state index in [2.05, 4.69) is 4.98 Å². The summed E-state index contributed by atoms with van der Waals surface area (Å²) in [5, 5.41) is 0. The van der Waals surface area contributed by atoms with E-state index in [1.807, 2.05) is 6.07 Å². The van der Waals surface area contributed by atoms with Crippen molar-refractivity contribution in [3.8, 4) is 0 Å². The van der Waals surface area contributed by atoms with Crippen LogP contribution in [0.5, 0.6) is 0 Å². The maximum absolute atomic E-state index is 11.5. The van der Waals surface area contributed by atoms with E-state index in [1.165, 1.54) is 7.11 Å². The largest absolute Gasteiger partial charge is 0.469 e. The molecule has 90 valence electrons. The zero-order chi connectivity index (χ0) is 11.5. The van der Waals surface area contributed by atoms with E-state index >= 15 is 0 Å². The number of methoxy groups -OCH3 is 1. The minimum Gasteiger partial charge on any atom is -0.469 e. The van der Waals surface area contributed by atoms with Crippen LogP contribution in [0.4, 0.5) is 0 Å². The number of nitrogens with zero attached hydrogens (tertiary/aromatic N) is 1. The summed E-state index contributed by atoms with van der Waals surface area (Å²) in [7, 11) is 1.36. The van der Waals surface area contributed by atoms with E-state index in [1.54, 1.807) is 32.3 Å². The summed E-state index contributed by atoms with van der Waals surface area (Å²) in [6, 6.07) is 3.23. The second kappa shape index (κ2) is 5.82. The number of aromatic nitrogens is 1. The highest BCUT2D eigenvalue weighted by atomic mass is 35.5. The lowest BCUT2D eigenvalue weighted by atomic mass is 9.81. The molecule has 2 N–H and O–H groups in total. The molecule has 0 aliphatic heterocycles. The number of ether oxygens (including phenoxy) is 1. The van der Waals surface area contributed by atoms with Gasteiger partial charge >= 0.3 is 5.97 Å². The molecule has 0 aliphatic rings. The molecule has 1 heterocycles. The predicted molar refractivity (Wildman–Crippen MR) is 64.2 cm³/mol. The molecule has 1 rings (SSSR count). The van der Waals surface area contributed by atoms with Gasteiger partial charge in [-0.2, -0.15) is 0 Å². The number of esters is 1. The number of pyridine rings is 1. The van der Waals surface area contributed by atoms with Gasteiger partial charge in [0.15, 0.2) is 0 Å². The van der Waals surface area contributed by atoms with Gasteiger partial charge in [0.25, 0.3) is 0 Å². The van der Waals surface area contributed by atoms with Gasteiger partial charge < -0.3 is 10.5 Å². The number of nitrogens with two attached hydrogens (primary N) is 1. The number of hydrogen-bond acceptors (Lipinski definition) is 4. The molecule has 4 nitrogen and oxygen atoms in total. The summed E-state index contributed by atoms with van der Waals surface area (Å²) in [5.74, 6) is -0.321. The third kappa shape index (κ3) is 2.93. The van der Waals surface area contributed by atoms with Crippen molar-refractivity contribution < 1.29 is 9.53 Å². The molecule has 1 aromatic rings. The Morgan fingerprint density at radius 2 is 2.19 bits per heavy atom. The topological polar surface area (TPSA) is 65.2 Å². The number of hydrogen-bond donors (Lipinski definition) is 1. The molecule has 0 unspecified atom stereocenters. The van der Waals surface area contributed by atoms with Crippen LogP contribution < -0.4 is 5.73 Å². The lowest BCUT2D eigenvalue weighted by Crippen LogP contribution is -2.37. The van der Waals surface area contributed by atoms with E-state index in [4.69, 9.17) is 10.5 Å². The van der Waals surface area contributed by atoms with Crippen molar-refractivity contribution in [2.75, 3.05) is 7.11 Å². The van der Waals surface area contributed by atoms with Crippen LogP contribution in [0, 0.1) is 5.41 Å². The molecule has 0 radical (unpaired) electrons. The Kier molecular flexibility index (Phi) is 5.41. The Bertz CT molecular complexity index is 341. The molecule has 0 aromatic carbocycles. The Morgan fingerprint density at radius 1 is 1.56 bits per heavy atom. The highest BCUT2D eigenvalue weighted by Crippen LogP contribution is 2.31. The summed E-state index contributed by atoms with van der Waals surface area (Å²) < 4.78 is 4.72. The second-order valence-corrected chi connectivity index (χ2v) is 3.98. The van der Waals surface area contributed by atoms with Crippen LogP contribution in [-0.4, -0.2) is 18.1 Å². The maximum Gasteiger partial charge on any atom is 0.313 e. The zero-order valence-corrected chi connectivity index (χ0v) is 10.5. The smallest absolute Gasteiger partial charge is 0.313 e. The first-order chi connectivity index (χ1) is 7.00. The van der Waals surface area contributed by atoms with Gasteiger partial charge in [0, 0.05) is 18.4 Å². The summed E-state index contributed by atoms with van der Waals surface area (Å²) >= 11 is 0. The fourth-order valence-corrected chi connectivity index (χ4v) is 1.37. The number of halogens is 1. The fourth-order valence-electron chi connectivity index (χ4n) is 1.37. The van der Waals surface area contributed by atoms with Gasteiger partial charge in [-0.3, -0.25) is 9.78 Å². The summed E-state index contributed by atoms with van der Waals surface area (Å²) in [6.45, 7) is 3.52. The molecule has 1 aromatic heterocycles. The van der Waals surface area contributed by atoms with Crippen molar-refractivity contribution >= 4 is 18.4 Å². The van der Waals surface area contributed by atoms with E-state index < -0.39 is 11.5 Å². The van der Waals surface area contributed by atoms with Crippen molar-refractivity contribution in [3.63, 3.8) is 0 Å². The summed E-state index contributed by atoms with van der Waals surface area (Å²) in [5.41, 5.74) is 6.08. The molecular weight excluding hydrogens is 228 g/mol. The average Bonchev–Trinajstić information content (AvgIpc) is 2.28. The van der Waals surface area contributed by atoms with E-state index in [0.29, 0.717) is 0 Å². The van der Waals surface area contributed by atoms with Crippen molar-refractivity contribution in [1.29, 1.82) is 0 Å².